The minimum atomic E-state index is -0.392. The molecule has 0 unspecified atom stereocenters. The van der Waals surface area contributed by atoms with Gasteiger partial charge in [0.25, 0.3) is 11.1 Å². The molecule has 2 aromatic carbocycles. The van der Waals surface area contributed by atoms with Crippen molar-refractivity contribution < 1.29 is 23.5 Å². The van der Waals surface area contributed by atoms with Crippen molar-refractivity contribution >= 4 is 61.7 Å². The van der Waals surface area contributed by atoms with Gasteiger partial charge in [0.05, 0.1) is 11.4 Å². The maximum absolute atomic E-state index is 13.1. The van der Waals surface area contributed by atoms with E-state index < -0.39 is 5.91 Å². The Morgan fingerprint density at radius 2 is 1.97 bits per heavy atom. The zero-order valence-electron chi connectivity index (χ0n) is 20.9. The van der Waals surface area contributed by atoms with Crippen molar-refractivity contribution in [1.29, 1.82) is 0 Å². The van der Waals surface area contributed by atoms with Gasteiger partial charge in [-0.3, -0.25) is 19.3 Å². The second kappa shape index (κ2) is 11.3. The van der Waals surface area contributed by atoms with Gasteiger partial charge in [0.15, 0.2) is 0 Å². The fourth-order valence-electron chi connectivity index (χ4n) is 4.87. The number of carbonyl (C=O) groups excluding carboxylic acids is 3. The fourth-order valence-corrected chi connectivity index (χ4v) is 6.08. The maximum atomic E-state index is 13.1. The Hall–Kier alpha value is -3.11. The molecular formula is C28H27BrFN3O4S. The van der Waals surface area contributed by atoms with Gasteiger partial charge in [0, 0.05) is 39.7 Å². The van der Waals surface area contributed by atoms with E-state index in [4.69, 9.17) is 4.74 Å². The van der Waals surface area contributed by atoms with Crippen LogP contribution in [-0.4, -0.2) is 57.2 Å². The third kappa shape index (κ3) is 5.66. The highest BCUT2D eigenvalue weighted by molar-refractivity contribution is 9.10. The number of aromatic nitrogens is 1. The van der Waals surface area contributed by atoms with Gasteiger partial charge in [0.1, 0.15) is 24.7 Å². The summed E-state index contributed by atoms with van der Waals surface area (Å²) in [5.74, 6) is -0.227. The van der Waals surface area contributed by atoms with Crippen LogP contribution in [0.25, 0.3) is 17.0 Å². The van der Waals surface area contributed by atoms with E-state index in [1.165, 1.54) is 24.3 Å². The minimum Gasteiger partial charge on any atom is -0.492 e. The van der Waals surface area contributed by atoms with Gasteiger partial charge < -0.3 is 14.2 Å². The first-order chi connectivity index (χ1) is 18.3. The SMILES string of the molecule is C[C@H]1CCCCN1C(=O)Cn1cc(/C=C2\SC(=O)N(CCOc3ccc(F)cc3)C2=O)c2cc(Br)ccc21. The average Bonchev–Trinajstić information content (AvgIpc) is 3.36. The molecule has 0 spiro atoms. The lowest BCUT2D eigenvalue weighted by atomic mass is 10.0. The molecule has 1 atom stereocenters. The quantitative estimate of drug-likeness (QED) is 0.309. The van der Waals surface area contributed by atoms with E-state index in [0.29, 0.717) is 10.7 Å². The molecule has 2 aliphatic rings. The molecule has 2 fully saturated rings. The van der Waals surface area contributed by atoms with Crippen molar-refractivity contribution in [2.24, 2.45) is 0 Å². The number of carbonyl (C=O) groups is 3. The molecule has 2 aliphatic heterocycles. The van der Waals surface area contributed by atoms with E-state index >= 15 is 0 Å². The smallest absolute Gasteiger partial charge is 0.293 e. The summed E-state index contributed by atoms with van der Waals surface area (Å²) in [4.78, 5) is 42.2. The predicted molar refractivity (Wildman–Crippen MR) is 149 cm³/mol. The minimum absolute atomic E-state index is 0.0741. The number of hydrogen-bond donors (Lipinski definition) is 0. The van der Waals surface area contributed by atoms with Crippen LogP contribution in [0, 0.1) is 5.82 Å². The number of fused-ring (bicyclic) bond motifs is 1. The average molecular weight is 601 g/mol. The third-order valence-corrected chi connectivity index (χ3v) is 8.26. The largest absolute Gasteiger partial charge is 0.492 e. The van der Waals surface area contributed by atoms with Crippen LogP contribution < -0.4 is 4.74 Å². The van der Waals surface area contributed by atoms with Crippen molar-refractivity contribution in [3.63, 3.8) is 0 Å². The monoisotopic (exact) mass is 599 g/mol. The predicted octanol–water partition coefficient (Wildman–Crippen LogP) is 6.06. The normalized spacial score (nSPS) is 19.1. The summed E-state index contributed by atoms with van der Waals surface area (Å²) in [5.41, 5.74) is 1.64. The Kier molecular flexibility index (Phi) is 7.90. The Morgan fingerprint density at radius 1 is 1.18 bits per heavy atom. The summed E-state index contributed by atoms with van der Waals surface area (Å²) in [6, 6.07) is 11.6. The lowest BCUT2D eigenvalue weighted by Gasteiger charge is -2.33. The van der Waals surface area contributed by atoms with Crippen LogP contribution in [0.1, 0.15) is 31.7 Å². The van der Waals surface area contributed by atoms with Crippen LogP contribution in [0.5, 0.6) is 5.75 Å². The van der Waals surface area contributed by atoms with Crippen molar-refractivity contribution in [2.75, 3.05) is 19.7 Å². The fraction of sp³-hybridized carbons (Fsp3) is 0.321. The summed E-state index contributed by atoms with van der Waals surface area (Å²) in [6.45, 7) is 3.25. The molecule has 0 saturated carbocycles. The number of imide groups is 1. The molecule has 0 radical (unpaired) electrons. The number of benzene rings is 2. The number of thioether (sulfide) groups is 1. The van der Waals surface area contributed by atoms with Crippen LogP contribution in [0.4, 0.5) is 9.18 Å². The molecule has 10 heteroatoms. The van der Waals surface area contributed by atoms with Crippen molar-refractivity contribution in [2.45, 2.75) is 38.8 Å². The van der Waals surface area contributed by atoms with Gasteiger partial charge in [-0.15, -0.1) is 0 Å². The molecule has 0 N–H and O–H groups in total. The summed E-state index contributed by atoms with van der Waals surface area (Å²) >= 11 is 4.40. The molecule has 3 aromatic rings. The molecule has 38 heavy (non-hydrogen) atoms. The number of piperidine rings is 1. The van der Waals surface area contributed by atoms with Gasteiger partial charge in [-0.25, -0.2) is 4.39 Å². The molecule has 1 aromatic heterocycles. The Labute approximate surface area is 232 Å². The highest BCUT2D eigenvalue weighted by Gasteiger charge is 2.35. The van der Waals surface area contributed by atoms with Gasteiger partial charge in [0.2, 0.25) is 5.91 Å². The van der Waals surface area contributed by atoms with E-state index in [-0.39, 0.29) is 42.7 Å². The van der Waals surface area contributed by atoms with Crippen molar-refractivity contribution in [3.8, 4) is 5.75 Å². The summed E-state index contributed by atoms with van der Waals surface area (Å²) in [7, 11) is 0. The molecule has 0 bridgehead atoms. The lowest BCUT2D eigenvalue weighted by Crippen LogP contribution is -2.43. The molecule has 3 amide bonds. The first-order valence-electron chi connectivity index (χ1n) is 12.5. The maximum Gasteiger partial charge on any atom is 0.293 e. The molecular weight excluding hydrogens is 573 g/mol. The first kappa shape index (κ1) is 26.5. The third-order valence-electron chi connectivity index (χ3n) is 6.86. The van der Waals surface area contributed by atoms with Gasteiger partial charge in [-0.05, 0) is 86.5 Å². The standard InChI is InChI=1S/C28H27BrFN3O4S/c1-18-4-2-3-11-32(18)26(34)17-31-16-19(23-15-20(29)5-10-24(23)31)14-25-27(35)33(28(36)38-25)12-13-37-22-8-6-21(30)7-9-22/h5-10,14-16,18H,2-4,11-13,17H2,1H3/b25-14-/t18-/m0/s1. The van der Waals surface area contributed by atoms with Crippen LogP contribution in [0.15, 0.2) is 58.0 Å². The molecule has 0 aliphatic carbocycles. The van der Waals surface area contributed by atoms with E-state index in [9.17, 15) is 18.8 Å². The number of likely N-dealkylation sites (tertiary alicyclic amines) is 1. The summed E-state index contributed by atoms with van der Waals surface area (Å²) < 4.78 is 21.4. The number of halogens is 2. The highest BCUT2D eigenvalue weighted by atomic mass is 79.9. The van der Waals surface area contributed by atoms with Crippen molar-refractivity contribution in [3.05, 3.63) is 69.4 Å². The van der Waals surface area contributed by atoms with Gasteiger partial charge >= 0.3 is 0 Å². The van der Waals surface area contributed by atoms with E-state index in [1.54, 1.807) is 6.08 Å². The molecule has 5 rings (SSSR count). The van der Waals surface area contributed by atoms with E-state index in [2.05, 4.69) is 22.9 Å². The van der Waals surface area contributed by atoms with Gasteiger partial charge in [-0.2, -0.15) is 0 Å². The van der Waals surface area contributed by atoms with Crippen LogP contribution >= 0.6 is 27.7 Å². The Bertz CT molecular complexity index is 1420. The summed E-state index contributed by atoms with van der Waals surface area (Å²) in [6.07, 6.45) is 6.76. The molecule has 7 nitrogen and oxygen atoms in total. The summed E-state index contributed by atoms with van der Waals surface area (Å²) in [5, 5.41) is 0.508. The first-order valence-corrected chi connectivity index (χ1v) is 14.1. The topological polar surface area (TPSA) is 71.8 Å². The van der Waals surface area contributed by atoms with E-state index in [0.717, 1.165) is 63.4 Å². The zero-order valence-corrected chi connectivity index (χ0v) is 23.3. The number of ether oxygens (including phenoxy) is 1. The van der Waals surface area contributed by atoms with E-state index in [1.807, 2.05) is 33.9 Å². The number of nitrogens with zero attached hydrogens (tertiary/aromatic N) is 3. The number of hydrogen-bond acceptors (Lipinski definition) is 5. The molecule has 3 heterocycles. The molecule has 2 saturated heterocycles. The van der Waals surface area contributed by atoms with Crippen LogP contribution in [0.3, 0.4) is 0 Å². The van der Waals surface area contributed by atoms with Crippen LogP contribution in [-0.2, 0) is 16.1 Å². The second-order valence-corrected chi connectivity index (χ2v) is 11.4. The van der Waals surface area contributed by atoms with Crippen molar-refractivity contribution in [1.82, 2.24) is 14.4 Å². The number of amides is 3. The Balaban J connectivity index is 1.34. The highest BCUT2D eigenvalue weighted by Crippen LogP contribution is 2.35. The number of rotatable bonds is 7. The lowest BCUT2D eigenvalue weighted by molar-refractivity contribution is -0.135. The second-order valence-electron chi connectivity index (χ2n) is 9.44. The van der Waals surface area contributed by atoms with Crippen LogP contribution in [0.2, 0.25) is 0 Å². The Morgan fingerprint density at radius 3 is 2.74 bits per heavy atom. The van der Waals surface area contributed by atoms with Gasteiger partial charge in [-0.1, -0.05) is 15.9 Å². The molecule has 198 valence electrons. The zero-order chi connectivity index (χ0) is 26.8.